The number of nitrogens with one attached hydrogen (secondary N) is 1. The lowest BCUT2D eigenvalue weighted by Crippen LogP contribution is -2.42. The number of nitrogens with zero attached hydrogens (tertiary/aromatic N) is 1. The van der Waals surface area contributed by atoms with E-state index in [4.69, 9.17) is 0 Å². The zero-order valence-electron chi connectivity index (χ0n) is 9.84. The monoisotopic (exact) mass is 242 g/mol. The summed E-state index contributed by atoms with van der Waals surface area (Å²) in [4.78, 5) is 4.20. The molecular formula is C11H18N2O2S. The minimum atomic E-state index is -3.02. The lowest BCUT2D eigenvalue weighted by Gasteiger charge is -2.21. The average molecular weight is 242 g/mol. The number of likely N-dealkylation sites (N-methyl/N-ethyl adjacent to an activating group) is 1. The number of rotatable bonds is 5. The Labute approximate surface area is 97.0 Å². The van der Waals surface area contributed by atoms with Crippen LogP contribution in [0, 0.1) is 0 Å². The summed E-state index contributed by atoms with van der Waals surface area (Å²) in [5, 5.41) is 2.62. The molecule has 1 aromatic heterocycles. The molecule has 16 heavy (non-hydrogen) atoms. The SMILES string of the molecule is CNC(Cc1ccccn1)C(C)S(C)(=O)=O. The number of hydrogen-bond acceptors (Lipinski definition) is 4. The van der Waals surface area contributed by atoms with Gasteiger partial charge in [-0.25, -0.2) is 8.42 Å². The summed E-state index contributed by atoms with van der Waals surface area (Å²) >= 11 is 0. The highest BCUT2D eigenvalue weighted by Gasteiger charge is 2.24. The van der Waals surface area contributed by atoms with Gasteiger partial charge in [-0.1, -0.05) is 6.07 Å². The average Bonchev–Trinajstić information content (AvgIpc) is 2.25. The Balaban J connectivity index is 2.77. The quantitative estimate of drug-likeness (QED) is 0.823. The molecule has 0 fully saturated rings. The smallest absolute Gasteiger partial charge is 0.151 e. The Hall–Kier alpha value is -0.940. The first-order chi connectivity index (χ1) is 7.45. The number of aromatic nitrogens is 1. The summed E-state index contributed by atoms with van der Waals surface area (Å²) < 4.78 is 22.9. The molecule has 1 rings (SSSR count). The van der Waals surface area contributed by atoms with Crippen LogP contribution in [-0.4, -0.2) is 38.0 Å². The van der Waals surface area contributed by atoms with Crippen LogP contribution in [0.1, 0.15) is 12.6 Å². The van der Waals surface area contributed by atoms with Gasteiger partial charge in [0.15, 0.2) is 9.84 Å². The predicted octanol–water partition coefficient (Wildman–Crippen LogP) is 0.645. The molecule has 0 aliphatic rings. The van der Waals surface area contributed by atoms with E-state index in [0.717, 1.165) is 5.69 Å². The molecule has 1 heterocycles. The van der Waals surface area contributed by atoms with Crippen LogP contribution in [0.2, 0.25) is 0 Å². The summed E-state index contributed by atoms with van der Waals surface area (Å²) in [6, 6.07) is 5.54. The first kappa shape index (κ1) is 13.1. The highest BCUT2D eigenvalue weighted by atomic mass is 32.2. The molecule has 0 bridgehead atoms. The Morgan fingerprint density at radius 1 is 1.44 bits per heavy atom. The summed E-state index contributed by atoms with van der Waals surface area (Å²) in [5.74, 6) is 0. The fourth-order valence-electron chi connectivity index (χ4n) is 1.55. The van der Waals surface area contributed by atoms with E-state index in [1.165, 1.54) is 6.26 Å². The minimum absolute atomic E-state index is 0.107. The zero-order chi connectivity index (χ0) is 12.2. The third kappa shape index (κ3) is 3.57. The van der Waals surface area contributed by atoms with Gasteiger partial charge in [0, 0.05) is 30.6 Å². The summed E-state index contributed by atoms with van der Waals surface area (Å²) in [7, 11) is -1.25. The number of hydrogen-bond donors (Lipinski definition) is 1. The molecule has 90 valence electrons. The molecule has 0 aliphatic heterocycles. The standard InChI is InChI=1S/C11H18N2O2S/c1-9(16(3,14)15)11(12-2)8-10-6-4-5-7-13-10/h4-7,9,11-12H,8H2,1-3H3. The van der Waals surface area contributed by atoms with Gasteiger partial charge in [0.25, 0.3) is 0 Å². The normalized spacial score (nSPS) is 15.7. The predicted molar refractivity (Wildman–Crippen MR) is 65.1 cm³/mol. The van der Waals surface area contributed by atoms with Crippen LogP contribution in [-0.2, 0) is 16.3 Å². The maximum atomic E-state index is 11.5. The zero-order valence-corrected chi connectivity index (χ0v) is 10.7. The third-order valence-corrected chi connectivity index (χ3v) is 4.45. The fraction of sp³-hybridized carbons (Fsp3) is 0.545. The van der Waals surface area contributed by atoms with Gasteiger partial charge >= 0.3 is 0 Å². The molecule has 0 saturated carbocycles. The molecule has 0 aromatic carbocycles. The molecule has 4 nitrogen and oxygen atoms in total. The second kappa shape index (κ2) is 5.41. The van der Waals surface area contributed by atoms with Crippen LogP contribution in [0.3, 0.4) is 0 Å². The lowest BCUT2D eigenvalue weighted by molar-refractivity contribution is 0.513. The number of sulfone groups is 1. The Kier molecular flexibility index (Phi) is 4.44. The van der Waals surface area contributed by atoms with Crippen molar-refractivity contribution in [1.29, 1.82) is 0 Å². The third-order valence-electron chi connectivity index (χ3n) is 2.77. The maximum absolute atomic E-state index is 11.5. The van der Waals surface area contributed by atoms with Gasteiger partial charge in [-0.05, 0) is 26.1 Å². The molecule has 0 amide bonds. The first-order valence-corrected chi connectivity index (χ1v) is 7.16. The van der Waals surface area contributed by atoms with Crippen molar-refractivity contribution < 1.29 is 8.42 Å². The Bertz CT molecular complexity index is 417. The molecular weight excluding hydrogens is 224 g/mol. The van der Waals surface area contributed by atoms with Crippen LogP contribution < -0.4 is 5.32 Å². The van der Waals surface area contributed by atoms with Crippen molar-refractivity contribution in [3.8, 4) is 0 Å². The Morgan fingerprint density at radius 2 is 2.12 bits per heavy atom. The van der Waals surface area contributed by atoms with E-state index in [1.807, 2.05) is 18.2 Å². The van der Waals surface area contributed by atoms with Gasteiger partial charge in [-0.2, -0.15) is 0 Å². The van der Waals surface area contributed by atoms with Crippen molar-refractivity contribution in [2.24, 2.45) is 0 Å². The van der Waals surface area contributed by atoms with E-state index in [-0.39, 0.29) is 6.04 Å². The van der Waals surface area contributed by atoms with Crippen LogP contribution >= 0.6 is 0 Å². The van der Waals surface area contributed by atoms with E-state index in [9.17, 15) is 8.42 Å². The summed E-state index contributed by atoms with van der Waals surface area (Å²) in [6.45, 7) is 1.72. The van der Waals surface area contributed by atoms with E-state index in [1.54, 1.807) is 20.2 Å². The molecule has 5 heteroatoms. The minimum Gasteiger partial charge on any atom is -0.315 e. The van der Waals surface area contributed by atoms with E-state index >= 15 is 0 Å². The largest absolute Gasteiger partial charge is 0.315 e. The molecule has 0 radical (unpaired) electrons. The molecule has 0 saturated heterocycles. The van der Waals surface area contributed by atoms with Crippen molar-refractivity contribution in [2.75, 3.05) is 13.3 Å². The van der Waals surface area contributed by atoms with Crippen molar-refractivity contribution >= 4 is 9.84 Å². The van der Waals surface area contributed by atoms with Crippen LogP contribution in [0.25, 0.3) is 0 Å². The van der Waals surface area contributed by atoms with Crippen molar-refractivity contribution in [1.82, 2.24) is 10.3 Å². The first-order valence-electron chi connectivity index (χ1n) is 5.21. The van der Waals surface area contributed by atoms with Crippen LogP contribution in [0.5, 0.6) is 0 Å². The molecule has 2 atom stereocenters. The van der Waals surface area contributed by atoms with Crippen molar-refractivity contribution in [3.63, 3.8) is 0 Å². The molecule has 1 aromatic rings. The second-order valence-corrected chi connectivity index (χ2v) is 6.36. The fourth-order valence-corrected chi connectivity index (χ4v) is 2.37. The lowest BCUT2D eigenvalue weighted by atomic mass is 10.1. The van der Waals surface area contributed by atoms with Crippen LogP contribution in [0.4, 0.5) is 0 Å². The summed E-state index contributed by atoms with van der Waals surface area (Å²) in [6.07, 6.45) is 3.60. The molecule has 0 spiro atoms. The van der Waals surface area contributed by atoms with E-state index < -0.39 is 15.1 Å². The van der Waals surface area contributed by atoms with E-state index in [2.05, 4.69) is 10.3 Å². The molecule has 1 N–H and O–H groups in total. The highest BCUT2D eigenvalue weighted by molar-refractivity contribution is 7.91. The molecule has 2 unspecified atom stereocenters. The summed E-state index contributed by atoms with van der Waals surface area (Å²) in [5.41, 5.74) is 0.900. The van der Waals surface area contributed by atoms with Gasteiger partial charge in [-0.3, -0.25) is 4.98 Å². The number of pyridine rings is 1. The van der Waals surface area contributed by atoms with Crippen molar-refractivity contribution in [3.05, 3.63) is 30.1 Å². The molecule has 0 aliphatic carbocycles. The van der Waals surface area contributed by atoms with Gasteiger partial charge in [0.1, 0.15) is 0 Å². The Morgan fingerprint density at radius 3 is 2.56 bits per heavy atom. The van der Waals surface area contributed by atoms with E-state index in [0.29, 0.717) is 6.42 Å². The van der Waals surface area contributed by atoms with Crippen molar-refractivity contribution in [2.45, 2.75) is 24.6 Å². The highest BCUT2D eigenvalue weighted by Crippen LogP contribution is 2.09. The van der Waals surface area contributed by atoms with Gasteiger partial charge in [0.05, 0.1) is 5.25 Å². The van der Waals surface area contributed by atoms with Gasteiger partial charge < -0.3 is 5.32 Å². The second-order valence-electron chi connectivity index (χ2n) is 3.96. The van der Waals surface area contributed by atoms with Gasteiger partial charge in [-0.15, -0.1) is 0 Å². The van der Waals surface area contributed by atoms with Gasteiger partial charge in [0.2, 0.25) is 0 Å². The maximum Gasteiger partial charge on any atom is 0.151 e. The topological polar surface area (TPSA) is 59.1 Å². The van der Waals surface area contributed by atoms with Crippen LogP contribution in [0.15, 0.2) is 24.4 Å².